The Kier molecular flexibility index (Phi) is 7.02. The SMILES string of the molecule is C=Cc1cccc(-c2c(C=C)c(C=C)c(-c3ccc4c(c3)C(C)(C)c3cc(C5=CCCC=C5)ccc3-4)c3ccccc23)c1C=C. The number of hydrogen-bond acceptors (Lipinski definition) is 0. The molecule has 0 aliphatic heterocycles. The van der Waals surface area contributed by atoms with E-state index in [2.05, 4.69) is 137 Å². The second-order valence-corrected chi connectivity index (χ2v) is 12.5. The van der Waals surface area contributed by atoms with Gasteiger partial charge in [0, 0.05) is 5.41 Å². The first-order chi connectivity index (χ1) is 21.9. The van der Waals surface area contributed by atoms with Crippen LogP contribution in [0.3, 0.4) is 0 Å². The van der Waals surface area contributed by atoms with E-state index >= 15 is 0 Å². The summed E-state index contributed by atoms with van der Waals surface area (Å²) >= 11 is 0. The highest BCUT2D eigenvalue weighted by molar-refractivity contribution is 6.12. The van der Waals surface area contributed by atoms with Gasteiger partial charge in [0.2, 0.25) is 0 Å². The smallest absolute Gasteiger partial charge is 0.0159 e. The van der Waals surface area contributed by atoms with Gasteiger partial charge in [-0.05, 0) is 114 Å². The molecule has 0 aromatic heterocycles. The van der Waals surface area contributed by atoms with Gasteiger partial charge in [0.15, 0.2) is 0 Å². The average Bonchev–Trinajstić information content (AvgIpc) is 3.31. The number of benzene rings is 5. The van der Waals surface area contributed by atoms with Gasteiger partial charge < -0.3 is 0 Å². The third-order valence-electron chi connectivity index (χ3n) is 9.83. The Balaban J connectivity index is 1.46. The number of rotatable bonds is 7. The first kappa shape index (κ1) is 28.6. The zero-order valence-electron chi connectivity index (χ0n) is 26.3. The van der Waals surface area contributed by atoms with E-state index in [-0.39, 0.29) is 5.41 Å². The van der Waals surface area contributed by atoms with Crippen LogP contribution < -0.4 is 0 Å². The van der Waals surface area contributed by atoms with E-state index in [0.717, 1.165) is 46.2 Å². The summed E-state index contributed by atoms with van der Waals surface area (Å²) in [6, 6.07) is 29.1. The summed E-state index contributed by atoms with van der Waals surface area (Å²) in [5, 5.41) is 2.37. The molecule has 5 aromatic carbocycles. The molecular weight excluding hydrogens is 540 g/mol. The van der Waals surface area contributed by atoms with Gasteiger partial charge in [-0.2, -0.15) is 0 Å². The topological polar surface area (TPSA) is 0 Å². The van der Waals surface area contributed by atoms with Crippen LogP contribution in [0.1, 0.15) is 65.6 Å². The summed E-state index contributed by atoms with van der Waals surface area (Å²) in [5.74, 6) is 0. The van der Waals surface area contributed by atoms with E-state index in [1.807, 2.05) is 24.3 Å². The lowest BCUT2D eigenvalue weighted by Crippen LogP contribution is -2.15. The molecule has 0 atom stereocenters. The molecule has 0 N–H and O–H groups in total. The van der Waals surface area contributed by atoms with E-state index < -0.39 is 0 Å². The predicted octanol–water partition coefficient (Wildman–Crippen LogP) is 12.8. The van der Waals surface area contributed by atoms with Crippen LogP contribution in [-0.4, -0.2) is 0 Å². The summed E-state index contributed by atoms with van der Waals surface area (Å²) in [6.45, 7) is 21.6. The second-order valence-electron chi connectivity index (χ2n) is 12.5. The summed E-state index contributed by atoms with van der Waals surface area (Å²) in [6.07, 6.45) is 17.0. The van der Waals surface area contributed by atoms with Crippen molar-refractivity contribution in [2.75, 3.05) is 0 Å². The van der Waals surface area contributed by atoms with Crippen LogP contribution >= 0.6 is 0 Å². The van der Waals surface area contributed by atoms with Crippen LogP contribution in [0, 0.1) is 0 Å². The Morgan fingerprint density at radius 3 is 1.82 bits per heavy atom. The lowest BCUT2D eigenvalue weighted by Gasteiger charge is -2.24. The van der Waals surface area contributed by atoms with Gasteiger partial charge in [0.1, 0.15) is 0 Å². The van der Waals surface area contributed by atoms with E-state index in [1.165, 1.54) is 55.3 Å². The Morgan fingerprint density at radius 2 is 1.20 bits per heavy atom. The standard InChI is InChI=1S/C45H38/c1-7-29-19-16-22-38(33(29)8-2)44-35(10-4)34(9-3)43(39-20-14-15-21-40(39)44)32-24-26-37-36-25-23-31(30-17-12-11-13-18-30)27-41(36)45(5,6)42(37)28-32/h7-10,12,14-28H,1-4,11,13H2,5-6H3. The third kappa shape index (κ3) is 4.36. The third-order valence-corrected chi connectivity index (χ3v) is 9.83. The highest BCUT2D eigenvalue weighted by Crippen LogP contribution is 2.52. The molecule has 0 nitrogen and oxygen atoms in total. The average molecular weight is 579 g/mol. The van der Waals surface area contributed by atoms with Gasteiger partial charge in [0.25, 0.3) is 0 Å². The summed E-state index contributed by atoms with van der Waals surface area (Å²) in [5.41, 5.74) is 16.8. The van der Waals surface area contributed by atoms with Crippen molar-refractivity contribution in [1.29, 1.82) is 0 Å². The second kappa shape index (κ2) is 11.1. The van der Waals surface area contributed by atoms with Gasteiger partial charge in [-0.3, -0.25) is 0 Å². The first-order valence-electron chi connectivity index (χ1n) is 15.8. The molecule has 0 fully saturated rings. The lowest BCUT2D eigenvalue weighted by atomic mass is 9.79. The fourth-order valence-electron chi connectivity index (χ4n) is 7.61. The molecule has 218 valence electrons. The molecule has 0 saturated carbocycles. The van der Waals surface area contributed by atoms with E-state index in [9.17, 15) is 0 Å². The fraction of sp³-hybridized carbons (Fsp3) is 0.111. The van der Waals surface area contributed by atoms with Gasteiger partial charge in [-0.25, -0.2) is 0 Å². The minimum absolute atomic E-state index is 0.134. The molecule has 7 rings (SSSR count). The maximum absolute atomic E-state index is 4.34. The van der Waals surface area contributed by atoms with E-state index in [4.69, 9.17) is 0 Å². The summed E-state index contributed by atoms with van der Waals surface area (Å²) < 4.78 is 0. The van der Waals surface area contributed by atoms with Crippen molar-refractivity contribution in [1.82, 2.24) is 0 Å². The van der Waals surface area contributed by atoms with Gasteiger partial charge in [-0.15, -0.1) is 0 Å². The number of fused-ring (bicyclic) bond motifs is 4. The molecule has 5 aromatic rings. The molecule has 0 amide bonds. The molecule has 2 aliphatic rings. The molecule has 0 spiro atoms. The Morgan fingerprint density at radius 1 is 0.578 bits per heavy atom. The minimum Gasteiger partial charge on any atom is -0.0984 e. The van der Waals surface area contributed by atoms with Crippen molar-refractivity contribution in [3.8, 4) is 33.4 Å². The van der Waals surface area contributed by atoms with E-state index in [0.29, 0.717) is 0 Å². The molecule has 0 heteroatoms. The van der Waals surface area contributed by atoms with Crippen molar-refractivity contribution in [3.63, 3.8) is 0 Å². The molecule has 0 unspecified atom stereocenters. The molecule has 45 heavy (non-hydrogen) atoms. The van der Waals surface area contributed by atoms with Gasteiger partial charge in [0.05, 0.1) is 0 Å². The highest BCUT2D eigenvalue weighted by atomic mass is 14.4. The fourth-order valence-corrected chi connectivity index (χ4v) is 7.61. The maximum atomic E-state index is 4.34. The Bertz CT molecular complexity index is 2140. The molecule has 2 aliphatic carbocycles. The first-order valence-corrected chi connectivity index (χ1v) is 15.8. The zero-order chi connectivity index (χ0) is 31.3. The van der Waals surface area contributed by atoms with Crippen molar-refractivity contribution in [2.24, 2.45) is 0 Å². The molecule has 0 radical (unpaired) electrons. The van der Waals surface area contributed by atoms with Crippen molar-refractivity contribution >= 4 is 40.6 Å². The van der Waals surface area contributed by atoms with E-state index in [1.54, 1.807) is 0 Å². The summed E-state index contributed by atoms with van der Waals surface area (Å²) in [7, 11) is 0. The normalized spacial score (nSPS) is 14.4. The van der Waals surface area contributed by atoms with Gasteiger partial charge >= 0.3 is 0 Å². The number of allylic oxidation sites excluding steroid dienone is 4. The predicted molar refractivity (Wildman–Crippen MR) is 199 cm³/mol. The Hall–Kier alpha value is -5.20. The maximum Gasteiger partial charge on any atom is 0.0159 e. The van der Waals surface area contributed by atoms with Crippen LogP contribution in [0.25, 0.3) is 74.0 Å². The lowest BCUT2D eigenvalue weighted by molar-refractivity contribution is 0.660. The van der Waals surface area contributed by atoms with Crippen LogP contribution in [0.5, 0.6) is 0 Å². The monoisotopic (exact) mass is 578 g/mol. The van der Waals surface area contributed by atoms with Crippen molar-refractivity contribution in [3.05, 3.63) is 162 Å². The quantitative estimate of drug-likeness (QED) is 0.180. The molecule has 0 bridgehead atoms. The van der Waals surface area contributed by atoms with Crippen molar-refractivity contribution in [2.45, 2.75) is 32.1 Å². The highest BCUT2D eigenvalue weighted by Gasteiger charge is 2.36. The van der Waals surface area contributed by atoms with Gasteiger partial charge in [-0.1, -0.05) is 149 Å². The minimum atomic E-state index is -0.134. The summed E-state index contributed by atoms with van der Waals surface area (Å²) in [4.78, 5) is 0. The van der Waals surface area contributed by atoms with Crippen LogP contribution in [0.15, 0.2) is 123 Å². The number of hydrogen-bond donors (Lipinski definition) is 0. The molecular formula is C45H38. The molecule has 0 heterocycles. The van der Waals surface area contributed by atoms with Crippen LogP contribution in [0.2, 0.25) is 0 Å². The van der Waals surface area contributed by atoms with Crippen molar-refractivity contribution < 1.29 is 0 Å². The molecule has 0 saturated heterocycles. The Labute approximate surface area is 267 Å². The van der Waals surface area contributed by atoms with Crippen LogP contribution in [-0.2, 0) is 5.41 Å². The van der Waals surface area contributed by atoms with Crippen LogP contribution in [0.4, 0.5) is 0 Å². The zero-order valence-corrected chi connectivity index (χ0v) is 26.3. The largest absolute Gasteiger partial charge is 0.0984 e.